The Bertz CT molecular complexity index is 951. The maximum atomic E-state index is 9.02. The number of allylic oxidation sites excluding steroid dienone is 2. The van der Waals surface area contributed by atoms with E-state index < -0.39 is 0 Å². The number of hydrogen-bond acceptors (Lipinski definition) is 4. The standard InChI is InChI=1S/C22H17NO3/c1-24-20-14-17(15-21(25-2)22(20)26-3)10-6-4-5-7-11-18-12-8-9-13-19(18)16-23/h4-5,8-9,12-15H,1-3H3/b5-4-. The molecule has 0 aliphatic heterocycles. The van der Waals surface area contributed by atoms with E-state index in [0.717, 1.165) is 5.56 Å². The average molecular weight is 343 g/mol. The molecule has 0 radical (unpaired) electrons. The predicted molar refractivity (Wildman–Crippen MR) is 100 cm³/mol. The van der Waals surface area contributed by atoms with Crippen LogP contribution in [0.15, 0.2) is 48.6 Å². The highest BCUT2D eigenvalue weighted by Gasteiger charge is 2.11. The van der Waals surface area contributed by atoms with Gasteiger partial charge in [0.1, 0.15) is 6.07 Å². The lowest BCUT2D eigenvalue weighted by atomic mass is 10.1. The van der Waals surface area contributed by atoms with Crippen molar-refractivity contribution in [3.05, 3.63) is 65.2 Å². The minimum absolute atomic E-state index is 0.526. The number of benzene rings is 2. The van der Waals surface area contributed by atoms with Crippen molar-refractivity contribution < 1.29 is 14.2 Å². The highest BCUT2D eigenvalue weighted by atomic mass is 16.5. The first kappa shape index (κ1) is 18.5. The fraction of sp³-hybridized carbons (Fsp3) is 0.136. The largest absolute Gasteiger partial charge is 0.493 e. The molecule has 0 saturated heterocycles. The van der Waals surface area contributed by atoms with Crippen molar-refractivity contribution in [2.75, 3.05) is 21.3 Å². The third kappa shape index (κ3) is 4.60. The maximum absolute atomic E-state index is 9.02. The zero-order valence-corrected chi connectivity index (χ0v) is 14.8. The molecule has 0 N–H and O–H groups in total. The summed E-state index contributed by atoms with van der Waals surface area (Å²) in [6, 6.07) is 12.9. The van der Waals surface area contributed by atoms with Crippen LogP contribution in [0.2, 0.25) is 0 Å². The summed E-state index contributed by atoms with van der Waals surface area (Å²) in [5, 5.41) is 9.02. The Kier molecular flexibility index (Phi) is 6.75. The Hall–Kier alpha value is -3.81. The van der Waals surface area contributed by atoms with Crippen molar-refractivity contribution in [3.63, 3.8) is 0 Å². The molecule has 2 rings (SSSR count). The van der Waals surface area contributed by atoms with Crippen LogP contribution in [0.4, 0.5) is 0 Å². The number of nitriles is 1. The van der Waals surface area contributed by atoms with Gasteiger partial charge >= 0.3 is 0 Å². The maximum Gasteiger partial charge on any atom is 0.203 e. The van der Waals surface area contributed by atoms with E-state index >= 15 is 0 Å². The quantitative estimate of drug-likeness (QED) is 0.800. The molecule has 0 heterocycles. The van der Waals surface area contributed by atoms with Gasteiger partial charge in [0, 0.05) is 11.1 Å². The first-order valence-corrected chi connectivity index (χ1v) is 7.70. The minimum Gasteiger partial charge on any atom is -0.493 e. The zero-order valence-electron chi connectivity index (χ0n) is 14.8. The summed E-state index contributed by atoms with van der Waals surface area (Å²) in [7, 11) is 4.67. The fourth-order valence-electron chi connectivity index (χ4n) is 2.17. The van der Waals surface area contributed by atoms with Gasteiger partial charge in [-0.2, -0.15) is 5.26 Å². The zero-order chi connectivity index (χ0) is 18.8. The summed E-state index contributed by atoms with van der Waals surface area (Å²) >= 11 is 0. The fourth-order valence-corrected chi connectivity index (χ4v) is 2.17. The molecule has 128 valence electrons. The molecule has 0 saturated carbocycles. The van der Waals surface area contributed by atoms with E-state index in [2.05, 4.69) is 29.8 Å². The monoisotopic (exact) mass is 343 g/mol. The molecule has 0 bridgehead atoms. The van der Waals surface area contributed by atoms with Gasteiger partial charge in [-0.15, -0.1) is 0 Å². The Balaban J connectivity index is 2.17. The summed E-state index contributed by atoms with van der Waals surface area (Å²) in [4.78, 5) is 0. The lowest BCUT2D eigenvalue weighted by Crippen LogP contribution is -1.95. The third-order valence-electron chi connectivity index (χ3n) is 3.39. The van der Waals surface area contributed by atoms with E-state index in [1.54, 1.807) is 57.7 Å². The molecule has 0 spiro atoms. The van der Waals surface area contributed by atoms with E-state index in [-0.39, 0.29) is 0 Å². The SMILES string of the molecule is COc1cc(C#C/C=C\C#Cc2ccccc2C#N)cc(OC)c1OC. The average Bonchev–Trinajstić information content (AvgIpc) is 2.69. The Morgan fingerprint density at radius 3 is 1.92 bits per heavy atom. The van der Waals surface area contributed by atoms with Gasteiger partial charge in [-0.05, 0) is 36.4 Å². The van der Waals surface area contributed by atoms with Crippen LogP contribution in [0.3, 0.4) is 0 Å². The van der Waals surface area contributed by atoms with Gasteiger partial charge < -0.3 is 14.2 Å². The molecule has 0 aliphatic rings. The van der Waals surface area contributed by atoms with Crippen molar-refractivity contribution >= 4 is 0 Å². The Morgan fingerprint density at radius 2 is 1.38 bits per heavy atom. The summed E-state index contributed by atoms with van der Waals surface area (Å²) in [5.41, 5.74) is 1.97. The van der Waals surface area contributed by atoms with Gasteiger partial charge in [0.25, 0.3) is 0 Å². The van der Waals surface area contributed by atoms with Gasteiger partial charge in [-0.1, -0.05) is 35.8 Å². The number of ether oxygens (including phenoxy) is 3. The first-order valence-electron chi connectivity index (χ1n) is 7.70. The number of rotatable bonds is 3. The molecular formula is C22H17NO3. The molecule has 4 heteroatoms. The van der Waals surface area contributed by atoms with Crippen molar-refractivity contribution in [3.8, 4) is 47.0 Å². The second kappa shape index (κ2) is 9.48. The molecular weight excluding hydrogens is 326 g/mol. The second-order valence-electron chi connectivity index (χ2n) is 4.94. The molecule has 0 aliphatic carbocycles. The summed E-state index contributed by atoms with van der Waals surface area (Å²) in [6.45, 7) is 0. The molecule has 2 aromatic rings. The summed E-state index contributed by atoms with van der Waals surface area (Å²) in [6.07, 6.45) is 3.28. The van der Waals surface area contributed by atoms with Crippen molar-refractivity contribution in [1.82, 2.24) is 0 Å². The van der Waals surface area contributed by atoms with E-state index in [9.17, 15) is 0 Å². The summed E-state index contributed by atoms with van der Waals surface area (Å²) < 4.78 is 15.9. The number of hydrogen-bond donors (Lipinski definition) is 0. The normalized spacial score (nSPS) is 9.31. The minimum atomic E-state index is 0.526. The first-order chi connectivity index (χ1) is 12.7. The molecule has 0 fully saturated rings. The van der Waals surface area contributed by atoms with Crippen molar-refractivity contribution in [2.45, 2.75) is 0 Å². The van der Waals surface area contributed by atoms with Gasteiger partial charge in [0.05, 0.1) is 26.9 Å². The van der Waals surface area contributed by atoms with Crippen LogP contribution in [0.25, 0.3) is 0 Å². The highest BCUT2D eigenvalue weighted by molar-refractivity contribution is 5.57. The smallest absolute Gasteiger partial charge is 0.203 e. The van der Waals surface area contributed by atoms with E-state index in [4.69, 9.17) is 19.5 Å². The van der Waals surface area contributed by atoms with E-state index in [1.807, 2.05) is 12.1 Å². The molecule has 0 atom stereocenters. The number of methoxy groups -OCH3 is 3. The lowest BCUT2D eigenvalue weighted by molar-refractivity contribution is 0.324. The predicted octanol–water partition coefficient (Wildman–Crippen LogP) is 3.54. The van der Waals surface area contributed by atoms with Crippen LogP contribution in [-0.2, 0) is 0 Å². The van der Waals surface area contributed by atoms with Crippen molar-refractivity contribution in [2.24, 2.45) is 0 Å². The molecule has 2 aromatic carbocycles. The molecule has 4 nitrogen and oxygen atoms in total. The van der Waals surface area contributed by atoms with Crippen LogP contribution in [0.1, 0.15) is 16.7 Å². The lowest BCUT2D eigenvalue weighted by Gasteiger charge is -2.12. The summed E-state index contributed by atoms with van der Waals surface area (Å²) in [5.74, 6) is 13.3. The van der Waals surface area contributed by atoms with Gasteiger partial charge in [-0.25, -0.2) is 0 Å². The topological polar surface area (TPSA) is 51.5 Å². The second-order valence-corrected chi connectivity index (χ2v) is 4.94. The molecule has 26 heavy (non-hydrogen) atoms. The van der Waals surface area contributed by atoms with Gasteiger partial charge in [0.2, 0.25) is 5.75 Å². The van der Waals surface area contributed by atoms with Crippen LogP contribution in [-0.4, -0.2) is 21.3 Å². The Morgan fingerprint density at radius 1 is 0.808 bits per heavy atom. The van der Waals surface area contributed by atoms with E-state index in [0.29, 0.717) is 28.4 Å². The van der Waals surface area contributed by atoms with Gasteiger partial charge in [-0.3, -0.25) is 0 Å². The Labute approximate surface area is 153 Å². The van der Waals surface area contributed by atoms with Crippen LogP contribution in [0.5, 0.6) is 17.2 Å². The van der Waals surface area contributed by atoms with Crippen molar-refractivity contribution in [1.29, 1.82) is 5.26 Å². The van der Waals surface area contributed by atoms with Crippen LogP contribution < -0.4 is 14.2 Å². The highest BCUT2D eigenvalue weighted by Crippen LogP contribution is 2.37. The van der Waals surface area contributed by atoms with Crippen LogP contribution in [0, 0.1) is 35.0 Å². The third-order valence-corrected chi connectivity index (χ3v) is 3.39. The van der Waals surface area contributed by atoms with E-state index in [1.165, 1.54) is 0 Å². The van der Waals surface area contributed by atoms with Gasteiger partial charge in [0.15, 0.2) is 11.5 Å². The number of nitrogens with zero attached hydrogens (tertiary/aromatic N) is 1. The molecule has 0 aromatic heterocycles. The van der Waals surface area contributed by atoms with Crippen LogP contribution >= 0.6 is 0 Å². The molecule has 0 unspecified atom stereocenters. The molecule has 0 amide bonds.